The van der Waals surface area contributed by atoms with Crippen molar-refractivity contribution in [1.29, 1.82) is 0 Å². The van der Waals surface area contributed by atoms with E-state index in [4.69, 9.17) is 18.9 Å². The molecule has 2 saturated heterocycles. The summed E-state index contributed by atoms with van der Waals surface area (Å²) in [5.41, 5.74) is 0. The summed E-state index contributed by atoms with van der Waals surface area (Å²) in [4.78, 5) is 9.69. The minimum atomic E-state index is -1.20. The highest BCUT2D eigenvalue weighted by Gasteiger charge is 2.43. The number of methoxy groups -OCH3 is 2. The van der Waals surface area contributed by atoms with Crippen molar-refractivity contribution in [3.63, 3.8) is 0 Å². The van der Waals surface area contributed by atoms with Gasteiger partial charge < -0.3 is 34.3 Å². The lowest BCUT2D eigenvalue weighted by Gasteiger charge is -2.42. The summed E-state index contributed by atoms with van der Waals surface area (Å²) in [5, 5.41) is 28.2. The van der Waals surface area contributed by atoms with Crippen LogP contribution >= 0.6 is 0 Å². The molecule has 0 radical (unpaired) electrons. The molecule has 0 aromatic carbocycles. The summed E-state index contributed by atoms with van der Waals surface area (Å²) < 4.78 is 21.2. The molecule has 0 aromatic heterocycles. The summed E-state index contributed by atoms with van der Waals surface area (Å²) in [5.74, 6) is 1.85. The predicted octanol–water partition coefficient (Wildman–Crippen LogP) is 6.74. The van der Waals surface area contributed by atoms with Crippen molar-refractivity contribution in [2.24, 2.45) is 17.8 Å². The molecule has 240 valence electrons. The van der Waals surface area contributed by atoms with Crippen LogP contribution in [0.1, 0.15) is 106 Å². The van der Waals surface area contributed by atoms with E-state index in [2.05, 4.69) is 34.3 Å². The highest BCUT2D eigenvalue weighted by molar-refractivity contribution is 5.86. The zero-order valence-corrected chi connectivity index (χ0v) is 20.4. The maximum Gasteiger partial charge on any atom is 0.186 e. The van der Waals surface area contributed by atoms with Gasteiger partial charge >= 0.3 is 0 Å². The van der Waals surface area contributed by atoms with Crippen molar-refractivity contribution in [2.45, 2.75) is 149 Å². The van der Waals surface area contributed by atoms with Crippen LogP contribution in [0, 0.1) is 17.8 Å². The fraction of sp³-hybridized carbons (Fsp3) is 0.900. The Balaban J connectivity index is -0.0000000581. The Labute approximate surface area is 239 Å². The normalized spacial score (nSPS) is 32.6. The molecule has 0 aliphatic carbocycles. The van der Waals surface area contributed by atoms with Crippen LogP contribution in [-0.4, -0.2) is 78.4 Å². The first kappa shape index (κ1) is 57.1. The summed E-state index contributed by atoms with van der Waals surface area (Å²) in [6, 6.07) is 0. The lowest BCUT2D eigenvalue weighted by atomic mass is 9.78. The van der Waals surface area contributed by atoms with Gasteiger partial charge in [0.05, 0.1) is 12.2 Å². The van der Waals surface area contributed by atoms with Crippen molar-refractivity contribution >= 4 is 5.78 Å². The van der Waals surface area contributed by atoms with Gasteiger partial charge in [-0.1, -0.05) is 93.2 Å². The highest BCUT2D eigenvalue weighted by Crippen LogP contribution is 2.36. The van der Waals surface area contributed by atoms with Gasteiger partial charge in [0, 0.05) is 20.1 Å². The fourth-order valence-corrected chi connectivity index (χ4v) is 3.67. The molecule has 10 unspecified atom stereocenters. The van der Waals surface area contributed by atoms with E-state index in [1.165, 1.54) is 20.1 Å². The van der Waals surface area contributed by atoms with Crippen molar-refractivity contribution < 1.29 is 39.1 Å². The monoisotopic (exact) mass is 561 g/mol. The number of rotatable bonds is 5. The predicted molar refractivity (Wildman–Crippen MR) is 165 cm³/mol. The first-order valence-corrected chi connectivity index (χ1v) is 11.0. The third-order valence-corrected chi connectivity index (χ3v) is 6.21. The number of carbonyl (C=O) groups is 1. The zero-order chi connectivity index (χ0) is 24.3. The number of carbonyl (C=O) groups excluding carboxylic acids is 1. The standard InChI is InChI=1S/C11H22O2.C8H16O5.C4H6O.7CH4/c1-6-10-8(3)7(2)9(4)11(12-5)13-10;1-3-4-5(9)6(10)7(11)8(12-2)13-4;1-3-4(2)5;;;;;;;/h7-11H,6H2,1-5H3;4-11H,3H2,1-2H3;3H,1H2,2H3;7*1H4. The summed E-state index contributed by atoms with van der Waals surface area (Å²) in [6.45, 7) is 15.5. The molecule has 3 N–H and O–H groups in total. The molecule has 2 fully saturated rings. The van der Waals surface area contributed by atoms with Crippen LogP contribution in [-0.2, 0) is 23.7 Å². The van der Waals surface area contributed by atoms with Gasteiger partial charge in [0.15, 0.2) is 18.4 Å². The molecule has 2 rings (SSSR count). The van der Waals surface area contributed by atoms with Crippen LogP contribution in [0.25, 0.3) is 0 Å². The molecule has 0 aromatic rings. The van der Waals surface area contributed by atoms with Gasteiger partial charge in [-0.05, 0) is 37.7 Å². The Morgan fingerprint density at radius 1 is 0.711 bits per heavy atom. The van der Waals surface area contributed by atoms with E-state index in [1.54, 1.807) is 7.11 Å². The van der Waals surface area contributed by atoms with Crippen molar-refractivity contribution in [3.8, 4) is 0 Å². The second-order valence-corrected chi connectivity index (χ2v) is 8.24. The number of ketones is 1. The first-order valence-electron chi connectivity index (χ1n) is 11.0. The first-order chi connectivity index (χ1) is 14.5. The molecule has 8 heteroatoms. The molecule has 8 nitrogen and oxygen atoms in total. The van der Waals surface area contributed by atoms with Crippen LogP contribution in [0.15, 0.2) is 12.7 Å². The molecule has 2 aliphatic rings. The third-order valence-electron chi connectivity index (χ3n) is 6.21. The van der Waals surface area contributed by atoms with E-state index in [0.29, 0.717) is 30.3 Å². The topological polar surface area (TPSA) is 115 Å². The molecule has 0 bridgehead atoms. The molecular weight excluding hydrogens is 488 g/mol. The SMILES string of the molecule is C.C.C.C.C.C.C.C=CC(C)=O.CCC1OC(OC)C(C)C(C)C1C.CCC1OC(OC)C(O)C(O)C1O. The third kappa shape index (κ3) is 17.0. The van der Waals surface area contributed by atoms with Gasteiger partial charge in [-0.25, -0.2) is 0 Å². The van der Waals surface area contributed by atoms with Gasteiger partial charge in [-0.15, -0.1) is 0 Å². The van der Waals surface area contributed by atoms with Crippen LogP contribution in [0.5, 0.6) is 0 Å². The summed E-state index contributed by atoms with van der Waals surface area (Å²) >= 11 is 0. The maximum absolute atomic E-state index is 9.69. The molecule has 2 heterocycles. The van der Waals surface area contributed by atoms with Crippen molar-refractivity contribution in [1.82, 2.24) is 0 Å². The average molecular weight is 561 g/mol. The van der Waals surface area contributed by atoms with Crippen LogP contribution in [0.2, 0.25) is 0 Å². The number of allylic oxidation sites excluding steroid dienone is 1. The fourth-order valence-electron chi connectivity index (χ4n) is 3.67. The Morgan fingerprint density at radius 2 is 1.08 bits per heavy atom. The molecule has 2 aliphatic heterocycles. The molecule has 0 spiro atoms. The van der Waals surface area contributed by atoms with Gasteiger partial charge in [0.1, 0.15) is 18.3 Å². The van der Waals surface area contributed by atoms with Gasteiger partial charge in [0.2, 0.25) is 0 Å². The highest BCUT2D eigenvalue weighted by atomic mass is 16.7. The Kier molecular flexibility index (Phi) is 43.8. The molecule has 0 amide bonds. The number of aliphatic hydroxyl groups excluding tert-OH is 3. The largest absolute Gasteiger partial charge is 0.388 e. The second-order valence-electron chi connectivity index (χ2n) is 8.24. The van der Waals surface area contributed by atoms with E-state index in [-0.39, 0.29) is 64.1 Å². The van der Waals surface area contributed by atoms with Crippen molar-refractivity contribution in [2.75, 3.05) is 14.2 Å². The van der Waals surface area contributed by atoms with Crippen LogP contribution < -0.4 is 0 Å². The van der Waals surface area contributed by atoms with E-state index < -0.39 is 30.7 Å². The van der Waals surface area contributed by atoms with Gasteiger partial charge in [0.25, 0.3) is 0 Å². The Hall–Kier alpha value is -0.870. The average Bonchev–Trinajstić information content (AvgIpc) is 2.77. The van der Waals surface area contributed by atoms with E-state index in [0.717, 1.165) is 6.42 Å². The Bertz CT molecular complexity index is 440. The molecule has 0 saturated carbocycles. The number of aliphatic hydroxyl groups is 3. The lowest BCUT2D eigenvalue weighted by molar-refractivity contribution is -0.290. The second kappa shape index (κ2) is 29.1. The smallest absolute Gasteiger partial charge is 0.186 e. The maximum atomic E-state index is 9.69. The molecular formula is C30H72O8. The minimum Gasteiger partial charge on any atom is -0.388 e. The quantitative estimate of drug-likeness (QED) is 0.317. The van der Waals surface area contributed by atoms with E-state index in [9.17, 15) is 20.1 Å². The van der Waals surface area contributed by atoms with Crippen molar-refractivity contribution in [3.05, 3.63) is 12.7 Å². The summed E-state index contributed by atoms with van der Waals surface area (Å²) in [7, 11) is 3.11. The van der Waals surface area contributed by atoms with Crippen LogP contribution in [0.4, 0.5) is 0 Å². The van der Waals surface area contributed by atoms with Gasteiger partial charge in [-0.2, -0.15) is 0 Å². The minimum absolute atomic E-state index is 0. The Morgan fingerprint density at radius 3 is 1.39 bits per heavy atom. The number of hydrogen-bond donors (Lipinski definition) is 3. The number of ether oxygens (including phenoxy) is 4. The molecule has 10 atom stereocenters. The number of hydrogen-bond acceptors (Lipinski definition) is 8. The lowest BCUT2D eigenvalue weighted by Crippen LogP contribution is -2.57. The zero-order valence-electron chi connectivity index (χ0n) is 20.4. The molecule has 38 heavy (non-hydrogen) atoms. The van der Waals surface area contributed by atoms with E-state index in [1.807, 2.05) is 6.92 Å². The van der Waals surface area contributed by atoms with E-state index >= 15 is 0 Å². The van der Waals surface area contributed by atoms with Crippen LogP contribution in [0.3, 0.4) is 0 Å². The summed E-state index contributed by atoms with van der Waals surface area (Å²) in [6.07, 6.45) is -1.50. The van der Waals surface area contributed by atoms with Gasteiger partial charge in [-0.3, -0.25) is 4.79 Å².